The summed E-state index contributed by atoms with van der Waals surface area (Å²) in [6.07, 6.45) is 0. The monoisotopic (exact) mass is 333 g/mol. The molecule has 0 aliphatic heterocycles. The van der Waals surface area contributed by atoms with E-state index in [0.29, 0.717) is 21.4 Å². The molecule has 2 aromatic rings. The van der Waals surface area contributed by atoms with Gasteiger partial charge >= 0.3 is 0 Å². The van der Waals surface area contributed by atoms with Gasteiger partial charge in [-0.1, -0.05) is 49.3 Å². The van der Waals surface area contributed by atoms with E-state index in [0.717, 1.165) is 5.56 Å². The summed E-state index contributed by atoms with van der Waals surface area (Å²) in [6, 6.07) is 9.27. The first-order valence-corrected chi connectivity index (χ1v) is 8.10. The lowest BCUT2D eigenvalue weighted by molar-refractivity contribution is 0.823. The average molecular weight is 334 g/mol. The van der Waals surface area contributed by atoms with E-state index in [-0.39, 0.29) is 10.8 Å². The molecule has 0 saturated heterocycles. The second-order valence-electron chi connectivity index (χ2n) is 5.16. The van der Waals surface area contributed by atoms with Gasteiger partial charge in [0.1, 0.15) is 5.92 Å². The number of rotatable bonds is 4. The van der Waals surface area contributed by atoms with Gasteiger partial charge in [0.2, 0.25) is 0 Å². The summed E-state index contributed by atoms with van der Waals surface area (Å²) < 4.78 is 0. The molecule has 1 atom stereocenters. The molecule has 0 aliphatic carbocycles. The Hall–Kier alpha value is -1.77. The van der Waals surface area contributed by atoms with Crippen LogP contribution in [0, 0.1) is 18.3 Å². The van der Waals surface area contributed by atoms with E-state index in [9.17, 15) is 10.1 Å². The summed E-state index contributed by atoms with van der Waals surface area (Å²) >= 11 is 7.35. The highest BCUT2D eigenvalue weighted by Gasteiger charge is 2.20. The van der Waals surface area contributed by atoms with Crippen molar-refractivity contribution in [3.05, 3.63) is 56.5 Å². The average Bonchev–Trinajstić information content (AvgIpc) is 2.46. The third-order valence-electron chi connectivity index (χ3n) is 3.12. The van der Waals surface area contributed by atoms with Crippen molar-refractivity contribution in [1.82, 2.24) is 9.97 Å². The molecule has 6 heteroatoms. The van der Waals surface area contributed by atoms with E-state index < -0.39 is 5.92 Å². The number of aromatic nitrogens is 2. The van der Waals surface area contributed by atoms with Crippen LogP contribution < -0.4 is 5.56 Å². The molecule has 0 spiro atoms. The van der Waals surface area contributed by atoms with Crippen molar-refractivity contribution in [1.29, 1.82) is 5.26 Å². The summed E-state index contributed by atoms with van der Waals surface area (Å²) in [5, 5.41) is 11.0. The summed E-state index contributed by atoms with van der Waals surface area (Å²) in [4.78, 5) is 19.4. The van der Waals surface area contributed by atoms with E-state index in [1.807, 2.05) is 13.8 Å². The van der Waals surface area contributed by atoms with Gasteiger partial charge in [-0.05, 0) is 24.6 Å². The Labute approximate surface area is 138 Å². The molecule has 0 amide bonds. The van der Waals surface area contributed by atoms with Crippen molar-refractivity contribution < 1.29 is 0 Å². The quantitative estimate of drug-likeness (QED) is 0.680. The van der Waals surface area contributed by atoms with Gasteiger partial charge in [0, 0.05) is 15.8 Å². The second-order valence-corrected chi connectivity index (χ2v) is 7.16. The van der Waals surface area contributed by atoms with Crippen molar-refractivity contribution in [2.24, 2.45) is 0 Å². The van der Waals surface area contributed by atoms with E-state index in [2.05, 4.69) is 16.0 Å². The molecule has 0 saturated carbocycles. The maximum Gasteiger partial charge on any atom is 0.254 e. The Morgan fingerprint density at radius 1 is 1.32 bits per heavy atom. The fourth-order valence-corrected chi connectivity index (χ4v) is 2.91. The number of hydrogen-bond donors (Lipinski definition) is 1. The molecule has 114 valence electrons. The first-order chi connectivity index (χ1) is 10.4. The highest BCUT2D eigenvalue weighted by Crippen LogP contribution is 2.27. The fourth-order valence-electron chi connectivity index (χ4n) is 2.04. The van der Waals surface area contributed by atoms with Crippen molar-refractivity contribution >= 4 is 23.4 Å². The third kappa shape index (κ3) is 3.70. The maximum absolute atomic E-state index is 12.1. The summed E-state index contributed by atoms with van der Waals surface area (Å²) in [6.45, 7) is 5.72. The van der Waals surface area contributed by atoms with Gasteiger partial charge in [-0.2, -0.15) is 5.26 Å². The van der Waals surface area contributed by atoms with E-state index >= 15 is 0 Å². The molecule has 1 unspecified atom stereocenters. The first kappa shape index (κ1) is 16.6. The minimum Gasteiger partial charge on any atom is -0.301 e. The van der Waals surface area contributed by atoms with Crippen LogP contribution in [0.1, 0.15) is 36.6 Å². The normalized spacial score (nSPS) is 12.2. The number of aromatic amines is 1. The van der Waals surface area contributed by atoms with Crippen molar-refractivity contribution in [3.63, 3.8) is 0 Å². The minimum absolute atomic E-state index is 0.206. The lowest BCUT2D eigenvalue weighted by Crippen LogP contribution is -2.18. The number of H-pyrrole nitrogens is 1. The van der Waals surface area contributed by atoms with Gasteiger partial charge in [-0.3, -0.25) is 4.79 Å². The topological polar surface area (TPSA) is 69.5 Å². The highest BCUT2D eigenvalue weighted by atomic mass is 35.5. The summed E-state index contributed by atoms with van der Waals surface area (Å²) in [7, 11) is 0. The molecule has 2 rings (SSSR count). The van der Waals surface area contributed by atoms with Crippen LogP contribution in [-0.4, -0.2) is 15.2 Å². The van der Waals surface area contributed by atoms with Gasteiger partial charge in [-0.25, -0.2) is 4.98 Å². The molecule has 0 fully saturated rings. The van der Waals surface area contributed by atoms with Gasteiger partial charge < -0.3 is 4.98 Å². The Morgan fingerprint density at radius 3 is 2.50 bits per heavy atom. The molecule has 22 heavy (non-hydrogen) atoms. The van der Waals surface area contributed by atoms with Gasteiger partial charge in [0.05, 0.1) is 11.8 Å². The van der Waals surface area contributed by atoms with Crippen LogP contribution in [0.4, 0.5) is 0 Å². The predicted octanol–water partition coefficient (Wildman–Crippen LogP) is 3.89. The smallest absolute Gasteiger partial charge is 0.254 e. The van der Waals surface area contributed by atoms with Crippen molar-refractivity contribution in [2.45, 2.75) is 37.1 Å². The lowest BCUT2D eigenvalue weighted by Gasteiger charge is -2.13. The van der Waals surface area contributed by atoms with E-state index in [1.165, 1.54) is 11.8 Å². The number of nitrogens with zero attached hydrogens (tertiary/aromatic N) is 2. The number of hydrogen-bond acceptors (Lipinski definition) is 4. The van der Waals surface area contributed by atoms with Crippen LogP contribution in [0.3, 0.4) is 0 Å². The Balaban J connectivity index is 2.53. The van der Waals surface area contributed by atoms with Crippen LogP contribution in [0.2, 0.25) is 5.02 Å². The molecule has 1 aromatic carbocycles. The molecular formula is C16H16ClN3OS. The summed E-state index contributed by atoms with van der Waals surface area (Å²) in [5.74, 6) is -0.592. The molecule has 1 heterocycles. The Kier molecular flexibility index (Phi) is 5.28. The molecule has 0 aliphatic rings. The van der Waals surface area contributed by atoms with Gasteiger partial charge in [0.25, 0.3) is 5.56 Å². The molecule has 0 bridgehead atoms. The molecule has 4 nitrogen and oxygen atoms in total. The zero-order valence-electron chi connectivity index (χ0n) is 12.6. The first-order valence-electron chi connectivity index (χ1n) is 6.85. The van der Waals surface area contributed by atoms with Crippen LogP contribution in [0.15, 0.2) is 34.2 Å². The van der Waals surface area contributed by atoms with Gasteiger partial charge in [-0.15, -0.1) is 0 Å². The molecule has 1 N–H and O–H groups in total. The Bertz CT molecular complexity index is 762. The predicted molar refractivity (Wildman–Crippen MR) is 89.5 cm³/mol. The van der Waals surface area contributed by atoms with Crippen LogP contribution in [0.25, 0.3) is 0 Å². The van der Waals surface area contributed by atoms with Crippen LogP contribution >= 0.6 is 23.4 Å². The standard InChI is InChI=1S/C16H16ClN3OS/c1-9(2)22-16-19-14(10(3)15(21)20-16)13(8-18)11-4-6-12(17)7-5-11/h4-7,9,13H,1-3H3,(H,19,20,21). The Morgan fingerprint density at radius 2 is 1.95 bits per heavy atom. The largest absolute Gasteiger partial charge is 0.301 e. The molecule has 0 radical (unpaired) electrons. The fraction of sp³-hybridized carbons (Fsp3) is 0.312. The van der Waals surface area contributed by atoms with Crippen LogP contribution in [-0.2, 0) is 0 Å². The van der Waals surface area contributed by atoms with Crippen LogP contribution in [0.5, 0.6) is 0 Å². The minimum atomic E-state index is -0.592. The maximum atomic E-state index is 12.1. The number of thioether (sulfide) groups is 1. The second kappa shape index (κ2) is 6.99. The number of nitriles is 1. The number of nitrogens with one attached hydrogen (secondary N) is 1. The number of halogens is 1. The third-order valence-corrected chi connectivity index (χ3v) is 4.26. The zero-order chi connectivity index (χ0) is 16.3. The molecular weight excluding hydrogens is 318 g/mol. The summed E-state index contributed by atoms with van der Waals surface area (Å²) in [5.41, 5.74) is 1.53. The SMILES string of the molecule is Cc1c(C(C#N)c2ccc(Cl)cc2)nc(SC(C)C)[nH]c1=O. The lowest BCUT2D eigenvalue weighted by atomic mass is 9.94. The number of benzene rings is 1. The van der Waals surface area contributed by atoms with Crippen molar-refractivity contribution in [3.8, 4) is 6.07 Å². The molecule has 1 aromatic heterocycles. The van der Waals surface area contributed by atoms with E-state index in [4.69, 9.17) is 11.6 Å². The van der Waals surface area contributed by atoms with Crippen molar-refractivity contribution in [2.75, 3.05) is 0 Å². The van der Waals surface area contributed by atoms with E-state index in [1.54, 1.807) is 31.2 Å². The van der Waals surface area contributed by atoms with Gasteiger partial charge in [0.15, 0.2) is 5.16 Å². The highest BCUT2D eigenvalue weighted by molar-refractivity contribution is 7.99. The zero-order valence-corrected chi connectivity index (χ0v) is 14.1.